The molecule has 0 aliphatic carbocycles. The second-order valence-electron chi connectivity index (χ2n) is 4.12. The predicted molar refractivity (Wildman–Crippen MR) is 67.8 cm³/mol. The second-order valence-corrected chi connectivity index (χ2v) is 5.06. The van der Waals surface area contributed by atoms with Crippen molar-refractivity contribution < 1.29 is 0 Å². The minimum absolute atomic E-state index is 0.731. The van der Waals surface area contributed by atoms with Crippen LogP contribution in [0.5, 0.6) is 0 Å². The molecule has 16 heavy (non-hydrogen) atoms. The number of aliphatic imine (C=N–C) groups is 1. The summed E-state index contributed by atoms with van der Waals surface area (Å²) in [6.45, 7) is 2.21. The Balaban J connectivity index is 2.01. The molecule has 0 radical (unpaired) electrons. The van der Waals surface area contributed by atoms with Gasteiger partial charge < -0.3 is 9.80 Å². The molecule has 2 rings (SSSR count). The first kappa shape index (κ1) is 11.3. The van der Waals surface area contributed by atoms with Crippen LogP contribution in [0.15, 0.2) is 4.99 Å². The van der Waals surface area contributed by atoms with Gasteiger partial charge in [-0.2, -0.15) is 0 Å². The van der Waals surface area contributed by atoms with Crippen molar-refractivity contribution in [2.75, 3.05) is 32.1 Å². The second kappa shape index (κ2) is 5.25. The highest BCUT2D eigenvalue weighted by Gasteiger charge is 2.14. The van der Waals surface area contributed by atoms with Crippen molar-refractivity contribution in [1.29, 1.82) is 0 Å². The third-order valence-corrected chi connectivity index (χ3v) is 3.32. The van der Waals surface area contributed by atoms with Crippen LogP contribution in [-0.2, 0) is 0 Å². The zero-order valence-corrected chi connectivity index (χ0v) is 10.6. The average Bonchev–Trinajstić information content (AvgIpc) is 2.76. The normalized spacial score (nSPS) is 17.0. The maximum Gasteiger partial charge on any atom is 0.234 e. The molecule has 1 saturated heterocycles. The van der Waals surface area contributed by atoms with Crippen LogP contribution < -0.4 is 4.90 Å². The summed E-state index contributed by atoms with van der Waals surface area (Å²) in [7, 11) is 3.88. The van der Waals surface area contributed by atoms with Gasteiger partial charge in [-0.15, -0.1) is 10.2 Å². The van der Waals surface area contributed by atoms with E-state index in [1.165, 1.54) is 19.3 Å². The topological polar surface area (TPSA) is 44.6 Å². The number of nitrogens with zero attached hydrogens (tertiary/aromatic N) is 5. The molecule has 1 aromatic heterocycles. The molecule has 0 saturated carbocycles. The van der Waals surface area contributed by atoms with Gasteiger partial charge in [0, 0.05) is 27.2 Å². The molecule has 0 aromatic carbocycles. The van der Waals surface area contributed by atoms with Crippen LogP contribution in [0.3, 0.4) is 0 Å². The molecule has 0 unspecified atom stereocenters. The number of aromatic nitrogens is 2. The van der Waals surface area contributed by atoms with E-state index in [0.717, 1.165) is 23.4 Å². The summed E-state index contributed by atoms with van der Waals surface area (Å²) in [5.74, 6) is 0. The van der Waals surface area contributed by atoms with Crippen molar-refractivity contribution in [3.63, 3.8) is 0 Å². The van der Waals surface area contributed by atoms with Crippen LogP contribution in [0.1, 0.15) is 19.3 Å². The van der Waals surface area contributed by atoms with Gasteiger partial charge >= 0.3 is 0 Å². The maximum absolute atomic E-state index is 4.24. The van der Waals surface area contributed by atoms with E-state index in [2.05, 4.69) is 20.1 Å². The van der Waals surface area contributed by atoms with Crippen LogP contribution in [0.2, 0.25) is 0 Å². The SMILES string of the molecule is CN(C)C=Nc1nnc(N2CCCCC2)s1. The zero-order valence-electron chi connectivity index (χ0n) is 9.76. The molecule has 0 atom stereocenters. The Kier molecular flexibility index (Phi) is 3.71. The maximum atomic E-state index is 4.24. The van der Waals surface area contributed by atoms with Gasteiger partial charge in [0.2, 0.25) is 10.3 Å². The first-order valence-corrected chi connectivity index (χ1v) is 6.36. The van der Waals surface area contributed by atoms with Gasteiger partial charge in [-0.25, -0.2) is 4.99 Å². The van der Waals surface area contributed by atoms with Crippen molar-refractivity contribution in [1.82, 2.24) is 15.1 Å². The Morgan fingerprint density at radius 3 is 2.69 bits per heavy atom. The number of anilines is 1. The summed E-state index contributed by atoms with van der Waals surface area (Å²) in [5.41, 5.74) is 0. The standard InChI is InChI=1S/C10H17N5S/c1-14(2)8-11-9-12-13-10(16-9)15-6-4-3-5-7-15/h8H,3-7H2,1-2H3. The molecule has 5 nitrogen and oxygen atoms in total. The summed E-state index contributed by atoms with van der Waals surface area (Å²) in [6, 6.07) is 0. The summed E-state index contributed by atoms with van der Waals surface area (Å²) in [4.78, 5) is 8.43. The van der Waals surface area contributed by atoms with Crippen LogP contribution in [-0.4, -0.2) is 48.6 Å². The predicted octanol–water partition coefficient (Wildman–Crippen LogP) is 1.75. The van der Waals surface area contributed by atoms with Gasteiger partial charge in [-0.1, -0.05) is 11.3 Å². The van der Waals surface area contributed by atoms with Gasteiger partial charge in [0.25, 0.3) is 0 Å². The molecule has 0 bridgehead atoms. The van der Waals surface area contributed by atoms with E-state index in [4.69, 9.17) is 0 Å². The van der Waals surface area contributed by atoms with Crippen LogP contribution in [0.4, 0.5) is 10.3 Å². The van der Waals surface area contributed by atoms with Crippen molar-refractivity contribution >= 4 is 27.9 Å². The van der Waals surface area contributed by atoms with E-state index in [1.807, 2.05) is 19.0 Å². The van der Waals surface area contributed by atoms with Gasteiger partial charge in [0.05, 0.1) is 6.34 Å². The molecule has 0 N–H and O–H groups in total. The summed E-state index contributed by atoms with van der Waals surface area (Å²) < 4.78 is 0. The lowest BCUT2D eigenvalue weighted by atomic mass is 10.1. The summed E-state index contributed by atoms with van der Waals surface area (Å²) >= 11 is 1.56. The molecule has 1 fully saturated rings. The third-order valence-electron chi connectivity index (χ3n) is 2.43. The minimum atomic E-state index is 0.731. The molecule has 2 heterocycles. The Morgan fingerprint density at radius 2 is 2.00 bits per heavy atom. The summed E-state index contributed by atoms with van der Waals surface area (Å²) in [5, 5.41) is 9.98. The minimum Gasteiger partial charge on any atom is -0.369 e. The quantitative estimate of drug-likeness (QED) is 0.595. The van der Waals surface area contributed by atoms with Gasteiger partial charge in [0.1, 0.15) is 0 Å². The lowest BCUT2D eigenvalue weighted by Gasteiger charge is -2.25. The van der Waals surface area contributed by atoms with Crippen molar-refractivity contribution in [3.05, 3.63) is 0 Å². The Labute approximate surface area is 99.8 Å². The Morgan fingerprint density at radius 1 is 1.25 bits per heavy atom. The fourth-order valence-electron chi connectivity index (χ4n) is 1.64. The van der Waals surface area contributed by atoms with Crippen LogP contribution in [0, 0.1) is 0 Å². The molecule has 1 aromatic rings. The lowest BCUT2D eigenvalue weighted by molar-refractivity contribution is 0.575. The van der Waals surface area contributed by atoms with Crippen molar-refractivity contribution in [3.8, 4) is 0 Å². The number of rotatable bonds is 3. The van der Waals surface area contributed by atoms with Gasteiger partial charge in [0.15, 0.2) is 0 Å². The summed E-state index contributed by atoms with van der Waals surface area (Å²) in [6.07, 6.45) is 5.60. The van der Waals surface area contributed by atoms with E-state index in [-0.39, 0.29) is 0 Å². The largest absolute Gasteiger partial charge is 0.369 e. The highest BCUT2D eigenvalue weighted by atomic mass is 32.1. The molecule has 6 heteroatoms. The van der Waals surface area contributed by atoms with Crippen molar-refractivity contribution in [2.45, 2.75) is 19.3 Å². The van der Waals surface area contributed by atoms with Crippen molar-refractivity contribution in [2.24, 2.45) is 4.99 Å². The van der Waals surface area contributed by atoms with Gasteiger partial charge in [-0.3, -0.25) is 0 Å². The van der Waals surface area contributed by atoms with E-state index in [1.54, 1.807) is 17.7 Å². The van der Waals surface area contributed by atoms with E-state index in [9.17, 15) is 0 Å². The molecule has 1 aliphatic heterocycles. The fourth-order valence-corrected chi connectivity index (χ4v) is 2.38. The molecular weight excluding hydrogens is 222 g/mol. The number of hydrogen-bond acceptors (Lipinski definition) is 5. The first-order chi connectivity index (χ1) is 7.75. The molecule has 0 amide bonds. The number of hydrogen-bond donors (Lipinski definition) is 0. The van der Waals surface area contributed by atoms with Crippen LogP contribution in [0.25, 0.3) is 0 Å². The van der Waals surface area contributed by atoms with E-state index < -0.39 is 0 Å². The first-order valence-electron chi connectivity index (χ1n) is 5.55. The Hall–Kier alpha value is -1.17. The molecular formula is C10H17N5S. The average molecular weight is 239 g/mol. The Bertz CT molecular complexity index is 354. The highest BCUT2D eigenvalue weighted by Crippen LogP contribution is 2.27. The fraction of sp³-hybridized carbons (Fsp3) is 0.700. The smallest absolute Gasteiger partial charge is 0.234 e. The van der Waals surface area contributed by atoms with E-state index >= 15 is 0 Å². The van der Waals surface area contributed by atoms with Gasteiger partial charge in [-0.05, 0) is 19.3 Å². The highest BCUT2D eigenvalue weighted by molar-refractivity contribution is 7.18. The molecule has 1 aliphatic rings. The number of piperidine rings is 1. The molecule has 88 valence electrons. The molecule has 0 spiro atoms. The van der Waals surface area contributed by atoms with E-state index in [0.29, 0.717) is 0 Å². The van der Waals surface area contributed by atoms with Crippen LogP contribution >= 0.6 is 11.3 Å². The zero-order chi connectivity index (χ0) is 11.4. The monoisotopic (exact) mass is 239 g/mol. The third kappa shape index (κ3) is 2.91. The lowest BCUT2D eigenvalue weighted by Crippen LogP contribution is -2.29.